The topological polar surface area (TPSA) is 154 Å². The van der Waals surface area contributed by atoms with Crippen molar-refractivity contribution in [2.24, 2.45) is 11.8 Å². The Morgan fingerprint density at radius 2 is 1.34 bits per heavy atom. The van der Waals surface area contributed by atoms with Gasteiger partial charge in [-0.05, 0) is 91.7 Å². The van der Waals surface area contributed by atoms with Crippen molar-refractivity contribution >= 4 is 45.5 Å². The number of rotatable bonds is 10. The molecule has 3 aliphatic heterocycles. The summed E-state index contributed by atoms with van der Waals surface area (Å²) in [6.45, 7) is 9.67. The summed E-state index contributed by atoms with van der Waals surface area (Å²) in [4.78, 5) is 19.5. The van der Waals surface area contributed by atoms with Gasteiger partial charge in [0.15, 0.2) is 0 Å². The number of nitrogens with two attached hydrogens (primary N) is 2. The van der Waals surface area contributed by atoms with Gasteiger partial charge < -0.3 is 36.1 Å². The number of hydrogen-bond acceptors (Lipinski definition) is 11. The minimum Gasteiger partial charge on any atom is -0.399 e. The normalized spacial score (nSPS) is 19.3. The molecule has 19 heteroatoms. The van der Waals surface area contributed by atoms with Crippen molar-refractivity contribution in [2.45, 2.75) is 70.8 Å². The van der Waals surface area contributed by atoms with Crippen LogP contribution in [0.25, 0.3) is 10.9 Å². The van der Waals surface area contributed by atoms with Crippen LogP contribution in [0.4, 0.5) is 49.4 Å². The third-order valence-electron chi connectivity index (χ3n) is 10.7. The minimum atomic E-state index is -4.46. The summed E-state index contributed by atoms with van der Waals surface area (Å²) in [6, 6.07) is 6.26. The summed E-state index contributed by atoms with van der Waals surface area (Å²) in [5.74, 6) is 2.07. The lowest BCUT2D eigenvalue weighted by Crippen LogP contribution is -2.25. The molecule has 0 aliphatic carbocycles. The molecule has 2 fully saturated rings. The fourth-order valence-electron chi connectivity index (χ4n) is 7.63. The maximum atomic E-state index is 13.2. The third-order valence-corrected chi connectivity index (χ3v) is 10.8. The van der Waals surface area contributed by atoms with Crippen LogP contribution in [0.3, 0.4) is 0 Å². The second-order valence-electron chi connectivity index (χ2n) is 15.4. The van der Waals surface area contributed by atoms with Gasteiger partial charge in [0.2, 0.25) is 5.28 Å². The Hall–Kier alpha value is -4.91. The summed E-state index contributed by atoms with van der Waals surface area (Å²) < 4.78 is 91.7. The molecule has 0 bridgehead atoms. The van der Waals surface area contributed by atoms with Crippen LogP contribution in [-0.2, 0) is 41.5 Å². The van der Waals surface area contributed by atoms with Crippen LogP contribution in [0.1, 0.15) is 72.3 Å². The first-order valence-electron chi connectivity index (χ1n) is 19.2. The number of halogens is 7. The Balaban J connectivity index is 0.000000179. The number of alkyl halides is 6. The molecule has 4 atom stereocenters. The summed E-state index contributed by atoms with van der Waals surface area (Å²) >= 11 is 6.12. The van der Waals surface area contributed by atoms with E-state index in [0.29, 0.717) is 47.7 Å². The van der Waals surface area contributed by atoms with Crippen LogP contribution in [0.5, 0.6) is 0 Å². The molecule has 2 saturated heterocycles. The molecule has 0 saturated carbocycles. The molecule has 6 heterocycles. The van der Waals surface area contributed by atoms with E-state index in [0.717, 1.165) is 98.8 Å². The molecule has 2 aromatic carbocycles. The lowest BCUT2D eigenvalue weighted by molar-refractivity contribution is -0.138. The summed E-state index contributed by atoms with van der Waals surface area (Å²) in [6.07, 6.45) is -1.49. The second-order valence-corrected chi connectivity index (χ2v) is 15.7. The average Bonchev–Trinajstić information content (AvgIpc) is 4.00. The quantitative estimate of drug-likeness (QED) is 0.0608. The van der Waals surface area contributed by atoms with E-state index in [2.05, 4.69) is 40.0 Å². The Morgan fingerprint density at radius 3 is 1.90 bits per heavy atom. The second kappa shape index (κ2) is 17.4. The Kier molecular flexibility index (Phi) is 12.4. The molecular weight excluding hydrogens is 802 g/mol. The first-order chi connectivity index (χ1) is 28.0. The van der Waals surface area contributed by atoms with E-state index in [1.807, 2.05) is 12.4 Å². The lowest BCUT2D eigenvalue weighted by atomic mass is 10.0. The van der Waals surface area contributed by atoms with Gasteiger partial charge >= 0.3 is 12.4 Å². The van der Waals surface area contributed by atoms with Crippen LogP contribution >= 0.6 is 11.6 Å². The molecule has 3 aliphatic rings. The summed E-state index contributed by atoms with van der Waals surface area (Å²) in [5, 5.41) is 7.34. The molecule has 2 unspecified atom stereocenters. The van der Waals surface area contributed by atoms with Gasteiger partial charge in [0.05, 0.1) is 53.0 Å². The van der Waals surface area contributed by atoms with Gasteiger partial charge in [0.25, 0.3) is 0 Å². The smallest absolute Gasteiger partial charge is 0.399 e. The van der Waals surface area contributed by atoms with E-state index in [4.69, 9.17) is 32.5 Å². The lowest BCUT2D eigenvalue weighted by Gasteiger charge is -2.20. The van der Waals surface area contributed by atoms with E-state index in [9.17, 15) is 26.3 Å². The SMILES string of the molecule is C[C@@H](Nc1nc(Cl)nc2c1CN(CC1CCOC1)C2)c1cc(N)cc(C(F)(F)F)c1.C[C@@H](Nc1ncnc2cn(CC3CCOC3)cc12)c1cc(N)cc(C(F)(F)F)c1. The molecular formula is C40H45ClF6N10O2. The van der Waals surface area contributed by atoms with Gasteiger partial charge in [0.1, 0.15) is 18.0 Å². The summed E-state index contributed by atoms with van der Waals surface area (Å²) in [5.41, 5.74) is 13.4. The predicted molar refractivity (Wildman–Crippen MR) is 212 cm³/mol. The maximum Gasteiger partial charge on any atom is 0.416 e. The zero-order valence-electron chi connectivity index (χ0n) is 32.4. The van der Waals surface area contributed by atoms with E-state index < -0.39 is 35.6 Å². The zero-order chi connectivity index (χ0) is 42.1. The van der Waals surface area contributed by atoms with Crippen LogP contribution in [0.15, 0.2) is 55.1 Å². The van der Waals surface area contributed by atoms with Crippen molar-refractivity contribution < 1.29 is 35.8 Å². The van der Waals surface area contributed by atoms with Gasteiger partial charge in [-0.2, -0.15) is 26.3 Å². The Labute approximate surface area is 341 Å². The van der Waals surface area contributed by atoms with Gasteiger partial charge in [-0.3, -0.25) is 4.90 Å². The Morgan fingerprint density at radius 1 is 0.763 bits per heavy atom. The molecule has 6 N–H and O–H groups in total. The van der Waals surface area contributed by atoms with Crippen LogP contribution in [0, 0.1) is 11.8 Å². The standard InChI is InChI=1S/C20H23ClF3N5O.C20H22F3N5O/c1-11(13-4-14(20(22,23)24)6-15(25)5-13)26-18-16-8-29(7-12-2-3-30-10-12)9-17(16)27-19(21)28-18;1-12(14-4-15(20(21,22)23)6-16(24)5-14)27-19-17-8-28(7-13-2-3-29-10-13)9-18(17)25-11-26-19/h4-6,11-12H,2-3,7-10,25H2,1H3,(H,26,27,28);4-6,8-9,11-13H,2-3,7,10,24H2,1H3,(H,25,26,27)/t11-,12?;12-,13?/m11/s1. The number of hydrogen-bond donors (Lipinski definition) is 4. The maximum absolute atomic E-state index is 13.2. The van der Waals surface area contributed by atoms with E-state index in [1.165, 1.54) is 18.5 Å². The van der Waals surface area contributed by atoms with Crippen LogP contribution in [-0.4, -0.2) is 62.4 Å². The fourth-order valence-corrected chi connectivity index (χ4v) is 7.82. The monoisotopic (exact) mass is 846 g/mol. The average molecular weight is 847 g/mol. The van der Waals surface area contributed by atoms with Crippen molar-refractivity contribution in [1.82, 2.24) is 29.4 Å². The van der Waals surface area contributed by atoms with Crippen LogP contribution in [0.2, 0.25) is 5.28 Å². The first-order valence-corrected chi connectivity index (χ1v) is 19.6. The number of anilines is 4. The van der Waals surface area contributed by atoms with Crippen molar-refractivity contribution in [3.63, 3.8) is 0 Å². The summed E-state index contributed by atoms with van der Waals surface area (Å²) in [7, 11) is 0. The van der Waals surface area contributed by atoms with Crippen LogP contribution < -0.4 is 22.1 Å². The third kappa shape index (κ3) is 10.5. The number of aromatic nitrogens is 5. The van der Waals surface area contributed by atoms with Crippen molar-refractivity contribution in [3.8, 4) is 0 Å². The first kappa shape index (κ1) is 42.2. The van der Waals surface area contributed by atoms with Crippen molar-refractivity contribution in [2.75, 3.05) is 55.1 Å². The highest BCUT2D eigenvalue weighted by Crippen LogP contribution is 2.36. The highest BCUT2D eigenvalue weighted by Gasteiger charge is 2.33. The molecule has 0 spiro atoms. The molecule has 316 valence electrons. The molecule has 0 amide bonds. The Bertz CT molecular complexity index is 2260. The highest BCUT2D eigenvalue weighted by molar-refractivity contribution is 6.28. The van der Waals surface area contributed by atoms with Gasteiger partial charge in [-0.15, -0.1) is 0 Å². The van der Waals surface area contributed by atoms with Gasteiger partial charge in [-0.25, -0.2) is 19.9 Å². The van der Waals surface area contributed by atoms with E-state index >= 15 is 0 Å². The molecule has 5 aromatic rings. The van der Waals surface area contributed by atoms with Gasteiger partial charge in [0, 0.05) is 74.6 Å². The van der Waals surface area contributed by atoms with E-state index in [-0.39, 0.29) is 16.7 Å². The molecule has 0 radical (unpaired) electrons. The van der Waals surface area contributed by atoms with Crippen molar-refractivity contribution in [3.05, 3.63) is 93.9 Å². The number of nitrogen functional groups attached to an aromatic ring is 2. The fraction of sp³-hybridized carbons (Fsp3) is 0.450. The number of ether oxygens (including phenoxy) is 2. The molecule has 8 rings (SSSR count). The van der Waals surface area contributed by atoms with Crippen molar-refractivity contribution in [1.29, 1.82) is 0 Å². The number of nitrogens with zero attached hydrogens (tertiary/aromatic N) is 6. The highest BCUT2D eigenvalue weighted by atomic mass is 35.5. The molecule has 12 nitrogen and oxygen atoms in total. The van der Waals surface area contributed by atoms with E-state index in [1.54, 1.807) is 13.8 Å². The number of nitrogens with one attached hydrogen (secondary N) is 2. The molecule has 3 aromatic heterocycles. The zero-order valence-corrected chi connectivity index (χ0v) is 33.1. The predicted octanol–water partition coefficient (Wildman–Crippen LogP) is 8.50. The van der Waals surface area contributed by atoms with Gasteiger partial charge in [-0.1, -0.05) is 0 Å². The molecule has 59 heavy (non-hydrogen) atoms. The number of fused-ring (bicyclic) bond motifs is 2. The largest absolute Gasteiger partial charge is 0.416 e. The number of benzene rings is 2. The minimum absolute atomic E-state index is 0.0596.